The standard InChI is InChI=1S/C10H19N3/c1-2-12-10(13-11)9-7-5-3-4-6-8(7)9/h7-9H,2-6,11H2,1H3,(H,12,13). The van der Waals surface area contributed by atoms with Gasteiger partial charge in [-0.15, -0.1) is 0 Å². The highest BCUT2D eigenvalue weighted by molar-refractivity contribution is 5.87. The summed E-state index contributed by atoms with van der Waals surface area (Å²) in [4.78, 5) is 4.41. The highest BCUT2D eigenvalue weighted by atomic mass is 15.3. The predicted octanol–water partition coefficient (Wildman–Crippen LogP) is 1.30. The van der Waals surface area contributed by atoms with Crippen LogP contribution in [0.1, 0.15) is 32.6 Å². The Morgan fingerprint density at radius 1 is 1.38 bits per heavy atom. The summed E-state index contributed by atoms with van der Waals surface area (Å²) in [6, 6.07) is 0. The molecular formula is C10H19N3. The van der Waals surface area contributed by atoms with E-state index in [1.165, 1.54) is 25.7 Å². The number of nitrogens with two attached hydrogens (primary N) is 1. The molecule has 2 aliphatic carbocycles. The van der Waals surface area contributed by atoms with E-state index in [9.17, 15) is 0 Å². The van der Waals surface area contributed by atoms with Crippen LogP contribution >= 0.6 is 0 Å². The molecule has 0 saturated heterocycles. The molecule has 3 heteroatoms. The summed E-state index contributed by atoms with van der Waals surface area (Å²) in [5.41, 5.74) is 2.77. The number of hydrogen-bond donors (Lipinski definition) is 2. The van der Waals surface area contributed by atoms with Crippen LogP contribution in [0.25, 0.3) is 0 Å². The maximum absolute atomic E-state index is 5.47. The highest BCUT2D eigenvalue weighted by Gasteiger charge is 2.53. The van der Waals surface area contributed by atoms with Gasteiger partial charge in [0.2, 0.25) is 0 Å². The van der Waals surface area contributed by atoms with Crippen LogP contribution in [-0.2, 0) is 0 Å². The molecule has 0 aromatic carbocycles. The van der Waals surface area contributed by atoms with E-state index in [1.54, 1.807) is 0 Å². The van der Waals surface area contributed by atoms with Crippen molar-refractivity contribution in [1.29, 1.82) is 0 Å². The molecule has 0 radical (unpaired) electrons. The Bertz CT molecular complexity index is 200. The van der Waals surface area contributed by atoms with Crippen molar-refractivity contribution in [3.8, 4) is 0 Å². The topological polar surface area (TPSA) is 50.4 Å². The number of nitrogens with zero attached hydrogens (tertiary/aromatic N) is 1. The summed E-state index contributed by atoms with van der Waals surface area (Å²) in [6.07, 6.45) is 5.59. The van der Waals surface area contributed by atoms with Crippen molar-refractivity contribution in [2.24, 2.45) is 28.6 Å². The van der Waals surface area contributed by atoms with Gasteiger partial charge < -0.3 is 5.43 Å². The summed E-state index contributed by atoms with van der Waals surface area (Å²) in [5, 5.41) is 0. The lowest BCUT2D eigenvalue weighted by Crippen LogP contribution is -2.33. The predicted molar refractivity (Wildman–Crippen MR) is 54.2 cm³/mol. The second-order valence-electron chi connectivity index (χ2n) is 4.14. The Hall–Kier alpha value is -0.570. The molecule has 74 valence electrons. The lowest BCUT2D eigenvalue weighted by atomic mass is 10.0. The molecule has 0 aliphatic heterocycles. The smallest absolute Gasteiger partial charge is 0.114 e. The van der Waals surface area contributed by atoms with Gasteiger partial charge in [0.1, 0.15) is 5.84 Å². The lowest BCUT2D eigenvalue weighted by molar-refractivity contribution is 0.480. The van der Waals surface area contributed by atoms with E-state index in [4.69, 9.17) is 5.84 Å². The van der Waals surface area contributed by atoms with Gasteiger partial charge in [-0.2, -0.15) is 0 Å². The molecule has 13 heavy (non-hydrogen) atoms. The van der Waals surface area contributed by atoms with Crippen LogP contribution in [0.5, 0.6) is 0 Å². The molecule has 3 N–H and O–H groups in total. The summed E-state index contributed by atoms with van der Waals surface area (Å²) in [6.45, 7) is 2.90. The first kappa shape index (κ1) is 9.00. The normalized spacial score (nSPS) is 38.3. The fourth-order valence-corrected chi connectivity index (χ4v) is 2.82. The molecular weight excluding hydrogens is 162 g/mol. The first-order valence-electron chi connectivity index (χ1n) is 5.39. The first-order valence-corrected chi connectivity index (χ1v) is 5.39. The number of rotatable bonds is 2. The maximum atomic E-state index is 5.47. The zero-order valence-corrected chi connectivity index (χ0v) is 8.29. The highest BCUT2D eigenvalue weighted by Crippen LogP contribution is 2.55. The molecule has 2 saturated carbocycles. The third kappa shape index (κ3) is 1.57. The van der Waals surface area contributed by atoms with Gasteiger partial charge in [-0.05, 0) is 31.6 Å². The van der Waals surface area contributed by atoms with Crippen molar-refractivity contribution in [2.75, 3.05) is 6.54 Å². The van der Waals surface area contributed by atoms with E-state index in [1.807, 2.05) is 0 Å². The van der Waals surface area contributed by atoms with E-state index in [0.717, 1.165) is 24.2 Å². The van der Waals surface area contributed by atoms with Gasteiger partial charge in [-0.1, -0.05) is 12.8 Å². The maximum Gasteiger partial charge on any atom is 0.114 e. The van der Waals surface area contributed by atoms with E-state index < -0.39 is 0 Å². The van der Waals surface area contributed by atoms with Gasteiger partial charge in [-0.3, -0.25) is 4.99 Å². The van der Waals surface area contributed by atoms with Gasteiger partial charge in [0.05, 0.1) is 0 Å². The Labute approximate surface area is 79.8 Å². The molecule has 0 aromatic rings. The van der Waals surface area contributed by atoms with Crippen molar-refractivity contribution in [2.45, 2.75) is 32.6 Å². The number of hydrazine groups is 1. The van der Waals surface area contributed by atoms with Gasteiger partial charge in [0.15, 0.2) is 0 Å². The third-order valence-corrected chi connectivity index (χ3v) is 3.45. The minimum absolute atomic E-state index is 0.674. The zero-order chi connectivity index (χ0) is 9.26. The summed E-state index contributed by atoms with van der Waals surface area (Å²) in [5.74, 6) is 9.00. The second kappa shape index (κ2) is 3.66. The van der Waals surface area contributed by atoms with Crippen LogP contribution in [0.15, 0.2) is 4.99 Å². The largest absolute Gasteiger partial charge is 0.312 e. The van der Waals surface area contributed by atoms with Crippen LogP contribution < -0.4 is 11.3 Å². The number of amidine groups is 1. The monoisotopic (exact) mass is 181 g/mol. The molecule has 2 fully saturated rings. The van der Waals surface area contributed by atoms with Gasteiger partial charge in [-0.25, -0.2) is 5.84 Å². The van der Waals surface area contributed by atoms with Gasteiger partial charge >= 0.3 is 0 Å². The minimum Gasteiger partial charge on any atom is -0.312 e. The molecule has 0 bridgehead atoms. The SMILES string of the molecule is CCN=C(NN)C1C2CCCCC21. The Morgan fingerprint density at radius 3 is 2.46 bits per heavy atom. The second-order valence-corrected chi connectivity index (χ2v) is 4.14. The van der Waals surface area contributed by atoms with E-state index in [-0.39, 0.29) is 0 Å². The molecule has 3 nitrogen and oxygen atoms in total. The number of hydrogen-bond acceptors (Lipinski definition) is 2. The number of fused-ring (bicyclic) bond motifs is 1. The van der Waals surface area contributed by atoms with Crippen LogP contribution in [0, 0.1) is 17.8 Å². The Balaban J connectivity index is 1.98. The van der Waals surface area contributed by atoms with E-state index in [0.29, 0.717) is 5.92 Å². The van der Waals surface area contributed by atoms with Crippen molar-refractivity contribution in [1.82, 2.24) is 5.43 Å². The van der Waals surface area contributed by atoms with Crippen molar-refractivity contribution >= 4 is 5.84 Å². The molecule has 0 heterocycles. The molecule has 2 rings (SSSR count). The van der Waals surface area contributed by atoms with E-state index >= 15 is 0 Å². The number of nitrogens with one attached hydrogen (secondary N) is 1. The van der Waals surface area contributed by atoms with Crippen molar-refractivity contribution < 1.29 is 0 Å². The quantitative estimate of drug-likeness (QED) is 0.292. The molecule has 2 unspecified atom stereocenters. The fraction of sp³-hybridized carbons (Fsp3) is 0.900. The lowest BCUT2D eigenvalue weighted by Gasteiger charge is -2.04. The third-order valence-electron chi connectivity index (χ3n) is 3.45. The zero-order valence-electron chi connectivity index (χ0n) is 8.29. The molecule has 0 aromatic heterocycles. The van der Waals surface area contributed by atoms with Crippen LogP contribution in [0.3, 0.4) is 0 Å². The van der Waals surface area contributed by atoms with Gasteiger partial charge in [0, 0.05) is 12.5 Å². The summed E-state index contributed by atoms with van der Waals surface area (Å²) in [7, 11) is 0. The first-order chi connectivity index (χ1) is 6.38. The average Bonchev–Trinajstić information content (AvgIpc) is 2.88. The van der Waals surface area contributed by atoms with Crippen LogP contribution in [-0.4, -0.2) is 12.4 Å². The van der Waals surface area contributed by atoms with Crippen molar-refractivity contribution in [3.63, 3.8) is 0 Å². The van der Waals surface area contributed by atoms with Gasteiger partial charge in [0.25, 0.3) is 0 Å². The fourth-order valence-electron chi connectivity index (χ4n) is 2.82. The van der Waals surface area contributed by atoms with Crippen LogP contribution in [0.2, 0.25) is 0 Å². The number of aliphatic imine (C=N–C) groups is 1. The van der Waals surface area contributed by atoms with Crippen molar-refractivity contribution in [3.05, 3.63) is 0 Å². The summed E-state index contributed by atoms with van der Waals surface area (Å²) >= 11 is 0. The Morgan fingerprint density at radius 2 is 2.00 bits per heavy atom. The van der Waals surface area contributed by atoms with Crippen LogP contribution in [0.4, 0.5) is 0 Å². The average molecular weight is 181 g/mol. The summed E-state index contributed by atoms with van der Waals surface area (Å²) < 4.78 is 0. The molecule has 0 spiro atoms. The van der Waals surface area contributed by atoms with E-state index in [2.05, 4.69) is 17.3 Å². The minimum atomic E-state index is 0.674. The molecule has 2 atom stereocenters. The molecule has 2 aliphatic rings. The Kier molecular flexibility index (Phi) is 2.54. The molecule has 0 amide bonds.